The van der Waals surface area contributed by atoms with Crippen molar-refractivity contribution in [2.24, 2.45) is 0 Å². The molecule has 0 radical (unpaired) electrons. The van der Waals surface area contributed by atoms with Crippen LogP contribution in [0.4, 0.5) is 0 Å². The maximum absolute atomic E-state index is 12.0. The third kappa shape index (κ3) is 4.47. The Hall–Kier alpha value is -0.650. The number of nitrogens with zero attached hydrogens (tertiary/aromatic N) is 2. The van der Waals surface area contributed by atoms with Crippen LogP contribution < -0.4 is 5.32 Å². The maximum Gasteiger partial charge on any atom is 0.236 e. The number of hydrogen-bond acceptors (Lipinski definition) is 4. The summed E-state index contributed by atoms with van der Waals surface area (Å²) >= 11 is 0. The first kappa shape index (κ1) is 13.4. The highest BCUT2D eigenvalue weighted by molar-refractivity contribution is 5.78. The fourth-order valence-electron chi connectivity index (χ4n) is 1.82. The summed E-state index contributed by atoms with van der Waals surface area (Å²) < 4.78 is 5.00. The normalized spacial score (nSPS) is 17.4. The van der Waals surface area contributed by atoms with E-state index >= 15 is 0 Å². The molecule has 1 rings (SSSR count). The molecule has 0 aromatic rings. The van der Waals surface area contributed by atoms with Crippen molar-refractivity contribution >= 4 is 5.91 Å². The van der Waals surface area contributed by atoms with Crippen LogP contribution >= 0.6 is 0 Å². The smallest absolute Gasteiger partial charge is 0.236 e. The fraction of sp³-hybridized carbons (Fsp3) is 0.909. The zero-order valence-corrected chi connectivity index (χ0v) is 10.4. The predicted octanol–water partition coefficient (Wildman–Crippen LogP) is -0.613. The molecular weight excluding hydrogens is 206 g/mol. The largest absolute Gasteiger partial charge is 0.383 e. The third-order valence-corrected chi connectivity index (χ3v) is 2.87. The summed E-state index contributed by atoms with van der Waals surface area (Å²) in [5, 5.41) is 3.28. The van der Waals surface area contributed by atoms with Gasteiger partial charge in [-0.05, 0) is 6.92 Å². The molecule has 0 aromatic carbocycles. The number of amides is 1. The Morgan fingerprint density at radius 3 is 2.69 bits per heavy atom. The molecule has 5 heteroatoms. The molecule has 1 aliphatic rings. The minimum atomic E-state index is 0.210. The Balaban J connectivity index is 2.29. The molecule has 0 spiro atoms. The van der Waals surface area contributed by atoms with Gasteiger partial charge >= 0.3 is 0 Å². The minimum Gasteiger partial charge on any atom is -0.383 e. The molecule has 5 nitrogen and oxygen atoms in total. The Kier molecular flexibility index (Phi) is 6.37. The quantitative estimate of drug-likeness (QED) is 0.660. The molecule has 1 fully saturated rings. The van der Waals surface area contributed by atoms with E-state index in [0.717, 1.165) is 32.7 Å². The van der Waals surface area contributed by atoms with Gasteiger partial charge in [-0.25, -0.2) is 0 Å². The van der Waals surface area contributed by atoms with Crippen molar-refractivity contribution < 1.29 is 9.53 Å². The SMILES string of the molecule is CCN(CCOC)C(=O)CN1CCNCC1. The minimum absolute atomic E-state index is 0.210. The summed E-state index contributed by atoms with van der Waals surface area (Å²) in [4.78, 5) is 16.0. The van der Waals surface area contributed by atoms with Gasteiger partial charge in [-0.1, -0.05) is 0 Å². The van der Waals surface area contributed by atoms with Crippen molar-refractivity contribution in [2.45, 2.75) is 6.92 Å². The summed E-state index contributed by atoms with van der Waals surface area (Å²) in [7, 11) is 1.66. The van der Waals surface area contributed by atoms with E-state index in [9.17, 15) is 4.79 Å². The third-order valence-electron chi connectivity index (χ3n) is 2.87. The first-order valence-electron chi connectivity index (χ1n) is 5.97. The van der Waals surface area contributed by atoms with Crippen molar-refractivity contribution in [3.8, 4) is 0 Å². The molecule has 0 aromatic heterocycles. The number of hydrogen-bond donors (Lipinski definition) is 1. The first-order chi connectivity index (χ1) is 7.77. The molecule has 0 bridgehead atoms. The zero-order chi connectivity index (χ0) is 11.8. The number of ether oxygens (including phenoxy) is 1. The highest BCUT2D eigenvalue weighted by atomic mass is 16.5. The van der Waals surface area contributed by atoms with Crippen LogP contribution in [-0.2, 0) is 9.53 Å². The number of piperazine rings is 1. The summed E-state index contributed by atoms with van der Waals surface area (Å²) in [6.45, 7) is 8.51. The van der Waals surface area contributed by atoms with E-state index in [4.69, 9.17) is 4.74 Å². The van der Waals surface area contributed by atoms with Crippen LogP contribution in [0.2, 0.25) is 0 Å². The Labute approximate surface area is 97.7 Å². The number of likely N-dealkylation sites (N-methyl/N-ethyl adjacent to an activating group) is 1. The molecule has 16 heavy (non-hydrogen) atoms. The lowest BCUT2D eigenvalue weighted by atomic mass is 10.3. The van der Waals surface area contributed by atoms with E-state index in [-0.39, 0.29) is 5.91 Å². The van der Waals surface area contributed by atoms with Gasteiger partial charge < -0.3 is 15.0 Å². The Bertz CT molecular complexity index is 205. The van der Waals surface area contributed by atoms with Gasteiger partial charge in [0.15, 0.2) is 0 Å². The molecule has 0 saturated carbocycles. The molecule has 1 N–H and O–H groups in total. The summed E-state index contributed by atoms with van der Waals surface area (Å²) in [5.74, 6) is 0.210. The van der Waals surface area contributed by atoms with E-state index in [1.807, 2.05) is 11.8 Å². The standard InChI is InChI=1S/C11H23N3O2/c1-3-14(8-9-16-2)11(15)10-13-6-4-12-5-7-13/h12H,3-10H2,1-2H3. The number of rotatable bonds is 6. The van der Waals surface area contributed by atoms with Crippen LogP contribution in [0.25, 0.3) is 0 Å². The van der Waals surface area contributed by atoms with Gasteiger partial charge in [0.1, 0.15) is 0 Å². The van der Waals surface area contributed by atoms with Crippen LogP contribution in [-0.4, -0.2) is 75.2 Å². The second kappa shape index (κ2) is 7.60. The maximum atomic E-state index is 12.0. The molecule has 1 aliphatic heterocycles. The van der Waals surface area contributed by atoms with Crippen LogP contribution in [0.3, 0.4) is 0 Å². The predicted molar refractivity (Wildman–Crippen MR) is 63.4 cm³/mol. The topological polar surface area (TPSA) is 44.8 Å². The number of nitrogens with one attached hydrogen (secondary N) is 1. The molecule has 1 saturated heterocycles. The van der Waals surface area contributed by atoms with E-state index < -0.39 is 0 Å². The van der Waals surface area contributed by atoms with Gasteiger partial charge in [-0.2, -0.15) is 0 Å². The second-order valence-corrected chi connectivity index (χ2v) is 3.99. The van der Waals surface area contributed by atoms with Crippen molar-refractivity contribution in [1.29, 1.82) is 0 Å². The van der Waals surface area contributed by atoms with Crippen molar-refractivity contribution in [3.63, 3.8) is 0 Å². The number of carbonyl (C=O) groups excluding carboxylic acids is 1. The summed E-state index contributed by atoms with van der Waals surface area (Å²) in [6, 6.07) is 0. The molecule has 94 valence electrons. The fourth-order valence-corrected chi connectivity index (χ4v) is 1.82. The average Bonchev–Trinajstić information content (AvgIpc) is 2.31. The molecule has 0 aliphatic carbocycles. The van der Waals surface area contributed by atoms with E-state index in [2.05, 4.69) is 10.2 Å². The summed E-state index contributed by atoms with van der Waals surface area (Å²) in [6.07, 6.45) is 0. The molecule has 1 heterocycles. The zero-order valence-electron chi connectivity index (χ0n) is 10.4. The molecule has 1 amide bonds. The highest BCUT2D eigenvalue weighted by Crippen LogP contribution is 1.96. The van der Waals surface area contributed by atoms with Gasteiger partial charge in [-0.3, -0.25) is 9.69 Å². The van der Waals surface area contributed by atoms with Crippen molar-refractivity contribution in [1.82, 2.24) is 15.1 Å². The number of carbonyl (C=O) groups is 1. The van der Waals surface area contributed by atoms with Crippen LogP contribution in [0.1, 0.15) is 6.92 Å². The molecular formula is C11H23N3O2. The van der Waals surface area contributed by atoms with E-state index in [0.29, 0.717) is 19.7 Å². The van der Waals surface area contributed by atoms with Crippen LogP contribution in [0.5, 0.6) is 0 Å². The first-order valence-corrected chi connectivity index (χ1v) is 5.97. The molecule has 0 unspecified atom stereocenters. The lowest BCUT2D eigenvalue weighted by Crippen LogP contribution is -2.48. The van der Waals surface area contributed by atoms with Gasteiger partial charge in [0.2, 0.25) is 5.91 Å². The van der Waals surface area contributed by atoms with Gasteiger partial charge in [-0.15, -0.1) is 0 Å². The van der Waals surface area contributed by atoms with Crippen LogP contribution in [0.15, 0.2) is 0 Å². The number of methoxy groups -OCH3 is 1. The Morgan fingerprint density at radius 2 is 2.12 bits per heavy atom. The van der Waals surface area contributed by atoms with E-state index in [1.165, 1.54) is 0 Å². The average molecular weight is 229 g/mol. The lowest BCUT2D eigenvalue weighted by molar-refractivity contribution is -0.133. The van der Waals surface area contributed by atoms with Gasteiger partial charge in [0.25, 0.3) is 0 Å². The van der Waals surface area contributed by atoms with Crippen molar-refractivity contribution in [2.75, 3.05) is 59.5 Å². The monoisotopic (exact) mass is 229 g/mol. The van der Waals surface area contributed by atoms with Gasteiger partial charge in [0, 0.05) is 46.4 Å². The van der Waals surface area contributed by atoms with Gasteiger partial charge in [0.05, 0.1) is 13.2 Å². The van der Waals surface area contributed by atoms with Crippen molar-refractivity contribution in [3.05, 3.63) is 0 Å². The lowest BCUT2D eigenvalue weighted by Gasteiger charge is -2.29. The summed E-state index contributed by atoms with van der Waals surface area (Å²) in [5.41, 5.74) is 0. The van der Waals surface area contributed by atoms with Crippen LogP contribution in [0, 0.1) is 0 Å². The Morgan fingerprint density at radius 1 is 1.44 bits per heavy atom. The highest BCUT2D eigenvalue weighted by Gasteiger charge is 2.17. The second-order valence-electron chi connectivity index (χ2n) is 3.99. The molecule has 0 atom stereocenters. The van der Waals surface area contributed by atoms with E-state index in [1.54, 1.807) is 7.11 Å².